The van der Waals surface area contributed by atoms with Gasteiger partial charge in [0.05, 0.1) is 28.6 Å². The Kier molecular flexibility index (Phi) is 5.39. The minimum absolute atomic E-state index is 0.0434. The van der Waals surface area contributed by atoms with Crippen molar-refractivity contribution in [3.8, 4) is 5.75 Å². The largest absolute Gasteiger partial charge is 0.506 e. The molecule has 158 valence electrons. The molecule has 3 aromatic rings. The number of hydrogen-bond acceptors (Lipinski definition) is 6. The molecule has 0 radical (unpaired) electrons. The number of methoxy groups -OCH3 is 1. The van der Waals surface area contributed by atoms with Crippen molar-refractivity contribution in [2.24, 2.45) is 0 Å². The Labute approximate surface area is 176 Å². The molecule has 1 aromatic heterocycles. The number of sulfonamides is 1. The van der Waals surface area contributed by atoms with Crippen molar-refractivity contribution in [1.82, 2.24) is 0 Å². The first kappa shape index (κ1) is 20.6. The summed E-state index contributed by atoms with van der Waals surface area (Å²) in [6.45, 7) is 0.385. The quantitative estimate of drug-likeness (QED) is 0.578. The average molecular weight is 451 g/mol. The molecule has 0 unspecified atom stereocenters. The number of halogens is 1. The Bertz CT molecular complexity index is 1240. The summed E-state index contributed by atoms with van der Waals surface area (Å²) in [5.41, 5.74) is 0.854. The number of phenols is 1. The van der Waals surface area contributed by atoms with Crippen LogP contribution in [0.25, 0.3) is 10.1 Å². The van der Waals surface area contributed by atoms with Crippen molar-refractivity contribution in [2.45, 2.75) is 13.0 Å². The van der Waals surface area contributed by atoms with Crippen LogP contribution in [0.1, 0.15) is 21.7 Å². The van der Waals surface area contributed by atoms with Crippen LogP contribution in [0.3, 0.4) is 0 Å². The monoisotopic (exact) mass is 450 g/mol. The van der Waals surface area contributed by atoms with Crippen molar-refractivity contribution in [2.75, 3.05) is 29.0 Å². The zero-order valence-electron chi connectivity index (χ0n) is 16.0. The Hall–Kier alpha value is -2.69. The van der Waals surface area contributed by atoms with Gasteiger partial charge in [-0.1, -0.05) is 6.07 Å². The van der Waals surface area contributed by atoms with Crippen LogP contribution in [0, 0.1) is 5.82 Å². The number of aromatic hydroxyl groups is 1. The highest BCUT2D eigenvalue weighted by Gasteiger charge is 2.29. The van der Waals surface area contributed by atoms with Gasteiger partial charge in [0, 0.05) is 29.3 Å². The molecular formula is C20H19FN2O5S2. The summed E-state index contributed by atoms with van der Waals surface area (Å²) in [5.74, 6) is -1.13. The lowest BCUT2D eigenvalue weighted by atomic mass is 10.1. The van der Waals surface area contributed by atoms with E-state index in [-0.39, 0.29) is 28.7 Å². The highest BCUT2D eigenvalue weighted by molar-refractivity contribution is 7.93. The van der Waals surface area contributed by atoms with E-state index in [0.717, 1.165) is 11.3 Å². The second kappa shape index (κ2) is 7.86. The minimum Gasteiger partial charge on any atom is -0.506 e. The van der Waals surface area contributed by atoms with E-state index in [1.807, 2.05) is 0 Å². The molecule has 1 aliphatic heterocycles. The predicted molar refractivity (Wildman–Crippen MR) is 114 cm³/mol. The van der Waals surface area contributed by atoms with Crippen molar-refractivity contribution in [3.63, 3.8) is 0 Å². The zero-order valence-corrected chi connectivity index (χ0v) is 17.6. The molecule has 30 heavy (non-hydrogen) atoms. The van der Waals surface area contributed by atoms with Crippen molar-refractivity contribution in [1.29, 1.82) is 0 Å². The Morgan fingerprint density at radius 3 is 2.83 bits per heavy atom. The van der Waals surface area contributed by atoms with E-state index >= 15 is 0 Å². The summed E-state index contributed by atoms with van der Waals surface area (Å²) in [4.78, 5) is 13.2. The number of nitrogens with zero attached hydrogens (tertiary/aromatic N) is 1. The number of hydrogen-bond donors (Lipinski definition) is 2. The average Bonchev–Trinajstić information content (AvgIpc) is 3.24. The number of fused-ring (bicyclic) bond motifs is 1. The van der Waals surface area contributed by atoms with E-state index in [4.69, 9.17) is 4.74 Å². The second-order valence-electron chi connectivity index (χ2n) is 6.85. The summed E-state index contributed by atoms with van der Waals surface area (Å²) in [6, 6.07) is 8.84. The van der Waals surface area contributed by atoms with Crippen molar-refractivity contribution >= 4 is 48.7 Å². The maximum Gasteiger partial charge on any atom is 0.266 e. The molecule has 1 aliphatic rings. The molecular weight excluding hydrogens is 431 g/mol. The molecule has 0 bridgehead atoms. The molecule has 1 fully saturated rings. The summed E-state index contributed by atoms with van der Waals surface area (Å²) in [5, 5.41) is 13.1. The van der Waals surface area contributed by atoms with Gasteiger partial charge in [0.1, 0.15) is 11.6 Å². The van der Waals surface area contributed by atoms with Gasteiger partial charge in [0.2, 0.25) is 10.0 Å². The maximum absolute atomic E-state index is 14.4. The van der Waals surface area contributed by atoms with Crippen LogP contribution in [0.15, 0.2) is 36.4 Å². The number of carbonyl (C=O) groups excluding carboxylic acids is 1. The summed E-state index contributed by atoms with van der Waals surface area (Å²) in [6.07, 6.45) is 0.513. The zero-order chi connectivity index (χ0) is 21.5. The van der Waals surface area contributed by atoms with Gasteiger partial charge in [-0.25, -0.2) is 12.8 Å². The lowest BCUT2D eigenvalue weighted by Gasteiger charge is -2.18. The maximum atomic E-state index is 14.4. The van der Waals surface area contributed by atoms with E-state index in [1.54, 1.807) is 12.1 Å². The van der Waals surface area contributed by atoms with Gasteiger partial charge >= 0.3 is 0 Å². The van der Waals surface area contributed by atoms with E-state index in [2.05, 4.69) is 5.32 Å². The van der Waals surface area contributed by atoms with Crippen LogP contribution in [0.5, 0.6) is 5.75 Å². The van der Waals surface area contributed by atoms with Crippen LogP contribution in [-0.2, 0) is 21.4 Å². The van der Waals surface area contributed by atoms with Gasteiger partial charge < -0.3 is 15.2 Å². The Balaban J connectivity index is 1.70. The normalized spacial score (nSPS) is 15.6. The number of thiophene rings is 1. The first-order valence-electron chi connectivity index (χ1n) is 9.15. The van der Waals surface area contributed by atoms with Crippen LogP contribution < -0.4 is 9.62 Å². The predicted octanol–water partition coefficient (Wildman–Crippen LogP) is 3.68. The second-order valence-corrected chi connectivity index (χ2v) is 9.92. The first-order chi connectivity index (χ1) is 14.3. The highest BCUT2D eigenvalue weighted by Crippen LogP contribution is 2.36. The molecule has 1 amide bonds. The molecule has 2 aromatic carbocycles. The molecule has 0 saturated carbocycles. The lowest BCUT2D eigenvalue weighted by Crippen LogP contribution is -2.25. The van der Waals surface area contributed by atoms with Gasteiger partial charge in [-0.2, -0.15) is 0 Å². The van der Waals surface area contributed by atoms with Gasteiger partial charge in [0.15, 0.2) is 0 Å². The van der Waals surface area contributed by atoms with Crippen LogP contribution >= 0.6 is 11.3 Å². The molecule has 10 heteroatoms. The smallest absolute Gasteiger partial charge is 0.266 e. The molecule has 7 nitrogen and oxygen atoms in total. The van der Waals surface area contributed by atoms with Gasteiger partial charge in [0.25, 0.3) is 5.91 Å². The fourth-order valence-corrected chi connectivity index (χ4v) is 6.19. The van der Waals surface area contributed by atoms with Crippen LogP contribution in [0.2, 0.25) is 0 Å². The molecule has 1 saturated heterocycles. The number of carbonyl (C=O) groups is 1. The lowest BCUT2D eigenvalue weighted by molar-refractivity contribution is 0.102. The first-order valence-corrected chi connectivity index (χ1v) is 11.6. The number of nitrogens with one attached hydrogen (secondary N) is 1. The Morgan fingerprint density at radius 1 is 1.33 bits per heavy atom. The third kappa shape index (κ3) is 3.62. The van der Waals surface area contributed by atoms with Crippen molar-refractivity contribution < 1.29 is 27.4 Å². The number of rotatable bonds is 5. The number of phenolic OH excluding ortho intramolecular Hbond substituents is 1. The highest BCUT2D eigenvalue weighted by atomic mass is 32.2. The van der Waals surface area contributed by atoms with Crippen molar-refractivity contribution in [3.05, 3.63) is 52.7 Å². The number of amides is 1. The third-order valence-corrected chi connectivity index (χ3v) is 7.94. The van der Waals surface area contributed by atoms with E-state index in [1.165, 1.54) is 35.7 Å². The topological polar surface area (TPSA) is 95.9 Å². The van der Waals surface area contributed by atoms with Gasteiger partial charge in [-0.15, -0.1) is 11.3 Å². The van der Waals surface area contributed by atoms with E-state index in [0.29, 0.717) is 34.3 Å². The standard InChI is InChI=1S/C20H19FN2O5S2/c1-28-11-13-18-14(21)4-2-5-17(18)29-19(13)20(25)22-15-10-12(6-7-16(15)24)23-8-3-9-30(23,26)27/h2,4-7,10,24H,3,8-9,11H2,1H3,(H,22,25). The summed E-state index contributed by atoms with van der Waals surface area (Å²) < 4.78 is 45.7. The van der Waals surface area contributed by atoms with E-state index < -0.39 is 21.7 Å². The van der Waals surface area contributed by atoms with Gasteiger partial charge in [-0.3, -0.25) is 9.10 Å². The van der Waals surface area contributed by atoms with Gasteiger partial charge in [-0.05, 0) is 36.8 Å². The SMILES string of the molecule is COCc1c(C(=O)Nc2cc(N3CCCS3(=O)=O)ccc2O)sc2cccc(F)c12. The fraction of sp³-hybridized carbons (Fsp3) is 0.250. The molecule has 0 aliphatic carbocycles. The fourth-order valence-electron chi connectivity index (χ4n) is 3.52. The molecule has 0 atom stereocenters. The molecule has 2 N–H and O–H groups in total. The molecule has 4 rings (SSSR count). The molecule has 0 spiro atoms. The molecule has 2 heterocycles. The number of ether oxygens (including phenoxy) is 1. The van der Waals surface area contributed by atoms with Crippen LogP contribution in [0.4, 0.5) is 15.8 Å². The van der Waals surface area contributed by atoms with E-state index in [9.17, 15) is 22.7 Å². The summed E-state index contributed by atoms with van der Waals surface area (Å²) >= 11 is 1.12. The third-order valence-electron chi connectivity index (χ3n) is 4.87. The number of benzene rings is 2. The minimum atomic E-state index is -3.40. The Morgan fingerprint density at radius 2 is 2.13 bits per heavy atom. The van der Waals surface area contributed by atoms with Crippen LogP contribution in [-0.4, -0.2) is 38.8 Å². The number of anilines is 2. The summed E-state index contributed by atoms with van der Waals surface area (Å²) in [7, 11) is -1.95.